The summed E-state index contributed by atoms with van der Waals surface area (Å²) >= 11 is 0.564. The van der Waals surface area contributed by atoms with Crippen LogP contribution in [-0.4, -0.2) is 28.3 Å². The zero-order chi connectivity index (χ0) is 22.1. The van der Waals surface area contributed by atoms with Crippen molar-refractivity contribution < 1.29 is 37.4 Å². The molecular formula is C20H14F3NO5S. The number of ether oxygens (including phenoxy) is 1. The van der Waals surface area contributed by atoms with E-state index in [0.29, 0.717) is 22.2 Å². The molecule has 2 aromatic carbocycles. The van der Waals surface area contributed by atoms with Gasteiger partial charge in [-0.05, 0) is 49.0 Å². The maximum Gasteiger partial charge on any atom is 0.416 e. The zero-order valence-corrected chi connectivity index (χ0v) is 16.2. The van der Waals surface area contributed by atoms with Crippen LogP contribution in [0.2, 0.25) is 0 Å². The highest BCUT2D eigenvalue weighted by molar-refractivity contribution is 8.19. The van der Waals surface area contributed by atoms with Crippen LogP contribution >= 0.6 is 11.8 Å². The van der Waals surface area contributed by atoms with Crippen molar-refractivity contribution in [2.75, 3.05) is 4.90 Å². The molecule has 30 heavy (non-hydrogen) atoms. The second-order valence-corrected chi connectivity index (χ2v) is 7.19. The lowest BCUT2D eigenvalue weighted by Gasteiger charge is -2.15. The number of carbonyl (C=O) groups is 3. The first-order valence-corrected chi connectivity index (χ1v) is 9.33. The van der Waals surface area contributed by atoms with Gasteiger partial charge < -0.3 is 9.84 Å². The molecule has 1 N–H and O–H groups in total. The normalized spacial score (nSPS) is 16.8. The van der Waals surface area contributed by atoms with E-state index in [0.717, 1.165) is 18.2 Å². The molecular weight excluding hydrogens is 423 g/mol. The number of benzene rings is 2. The van der Waals surface area contributed by atoms with Crippen LogP contribution in [0, 0.1) is 0 Å². The molecule has 3 rings (SSSR count). The highest BCUT2D eigenvalue weighted by atomic mass is 32.2. The second kappa shape index (κ2) is 8.23. The fourth-order valence-corrected chi connectivity index (χ4v) is 3.43. The molecule has 0 saturated carbocycles. The van der Waals surface area contributed by atoms with E-state index in [9.17, 15) is 27.6 Å². The number of carboxylic acids is 1. The Hall–Kier alpha value is -3.27. The van der Waals surface area contributed by atoms with Crippen molar-refractivity contribution in [2.45, 2.75) is 19.2 Å². The van der Waals surface area contributed by atoms with E-state index < -0.39 is 35.0 Å². The Morgan fingerprint density at radius 1 is 1.17 bits per heavy atom. The summed E-state index contributed by atoms with van der Waals surface area (Å²) in [4.78, 5) is 36.7. The number of nitrogens with zero attached hydrogens (tertiary/aromatic N) is 1. The summed E-state index contributed by atoms with van der Waals surface area (Å²) in [5, 5.41) is 8.26. The van der Waals surface area contributed by atoms with Gasteiger partial charge in [0.15, 0.2) is 6.10 Å². The van der Waals surface area contributed by atoms with E-state index in [-0.39, 0.29) is 16.3 Å². The van der Waals surface area contributed by atoms with Crippen LogP contribution < -0.4 is 9.64 Å². The van der Waals surface area contributed by atoms with Gasteiger partial charge in [-0.25, -0.2) is 9.69 Å². The summed E-state index contributed by atoms with van der Waals surface area (Å²) in [6, 6.07) is 10.2. The fourth-order valence-electron chi connectivity index (χ4n) is 2.60. The summed E-state index contributed by atoms with van der Waals surface area (Å²) in [6.45, 7) is 1.33. The van der Waals surface area contributed by atoms with Crippen molar-refractivity contribution in [3.05, 3.63) is 64.6 Å². The molecule has 0 bridgehead atoms. The molecule has 0 radical (unpaired) electrons. The summed E-state index contributed by atoms with van der Waals surface area (Å²) in [5.41, 5.74) is -0.829. The van der Waals surface area contributed by atoms with Crippen LogP contribution in [0.15, 0.2) is 53.4 Å². The van der Waals surface area contributed by atoms with Gasteiger partial charge in [-0.1, -0.05) is 24.3 Å². The second-order valence-electron chi connectivity index (χ2n) is 6.20. The number of halogens is 3. The van der Waals surface area contributed by atoms with Crippen molar-refractivity contribution in [3.8, 4) is 5.75 Å². The lowest BCUT2D eigenvalue weighted by Crippen LogP contribution is -2.28. The van der Waals surface area contributed by atoms with E-state index >= 15 is 0 Å². The van der Waals surface area contributed by atoms with Gasteiger partial charge in [-0.3, -0.25) is 9.59 Å². The Kier molecular flexibility index (Phi) is 5.88. The van der Waals surface area contributed by atoms with Gasteiger partial charge in [0, 0.05) is 5.56 Å². The van der Waals surface area contributed by atoms with Gasteiger partial charge in [0.2, 0.25) is 0 Å². The smallest absolute Gasteiger partial charge is 0.416 e. The monoisotopic (exact) mass is 437 g/mol. The number of carboxylic acid groups (broad SMARTS) is 1. The molecule has 1 aliphatic rings. The Labute approximate surface area is 172 Å². The molecule has 1 atom stereocenters. The van der Waals surface area contributed by atoms with Crippen LogP contribution in [-0.2, 0) is 15.8 Å². The predicted octanol–water partition coefficient (Wildman–Crippen LogP) is 4.80. The molecule has 1 saturated heterocycles. The van der Waals surface area contributed by atoms with E-state index in [2.05, 4.69) is 0 Å². The summed E-state index contributed by atoms with van der Waals surface area (Å²) in [5.74, 6) is -1.79. The molecule has 0 aliphatic carbocycles. The number of para-hydroxylation sites is 1. The van der Waals surface area contributed by atoms with E-state index in [1.54, 1.807) is 18.2 Å². The summed E-state index contributed by atoms with van der Waals surface area (Å²) in [6.07, 6.45) is -4.44. The minimum atomic E-state index is -4.62. The Morgan fingerprint density at radius 2 is 1.87 bits per heavy atom. The van der Waals surface area contributed by atoms with Gasteiger partial charge in [0.1, 0.15) is 5.75 Å². The number of hydrogen-bond acceptors (Lipinski definition) is 5. The first-order valence-electron chi connectivity index (χ1n) is 8.51. The number of alkyl halides is 3. The number of rotatable bonds is 5. The molecule has 6 nitrogen and oxygen atoms in total. The van der Waals surface area contributed by atoms with Crippen LogP contribution in [0.3, 0.4) is 0 Å². The molecule has 1 heterocycles. The highest BCUT2D eigenvalue weighted by Gasteiger charge is 2.38. The summed E-state index contributed by atoms with van der Waals surface area (Å²) < 4.78 is 44.2. The summed E-state index contributed by atoms with van der Waals surface area (Å²) in [7, 11) is 0. The lowest BCUT2D eigenvalue weighted by atomic mass is 10.1. The van der Waals surface area contributed by atoms with Crippen LogP contribution in [0.1, 0.15) is 18.1 Å². The third-order valence-electron chi connectivity index (χ3n) is 4.08. The maximum absolute atomic E-state index is 13.0. The molecule has 156 valence electrons. The molecule has 1 fully saturated rings. The molecule has 2 amide bonds. The van der Waals surface area contributed by atoms with Crippen molar-refractivity contribution in [2.24, 2.45) is 0 Å². The number of thioether (sulfide) groups is 1. The third kappa shape index (κ3) is 4.48. The van der Waals surface area contributed by atoms with Crippen LogP contribution in [0.5, 0.6) is 5.75 Å². The van der Waals surface area contributed by atoms with Crippen LogP contribution in [0.4, 0.5) is 23.7 Å². The number of amides is 2. The number of aliphatic carboxylic acids is 1. The minimum Gasteiger partial charge on any atom is -0.479 e. The number of imide groups is 1. The van der Waals surface area contributed by atoms with Gasteiger partial charge >= 0.3 is 12.1 Å². The van der Waals surface area contributed by atoms with Crippen molar-refractivity contribution >= 4 is 40.6 Å². The van der Waals surface area contributed by atoms with E-state index in [4.69, 9.17) is 9.84 Å². The first kappa shape index (κ1) is 21.4. The predicted molar refractivity (Wildman–Crippen MR) is 104 cm³/mol. The van der Waals surface area contributed by atoms with Gasteiger partial charge in [-0.2, -0.15) is 13.2 Å². The topological polar surface area (TPSA) is 83.9 Å². The minimum absolute atomic E-state index is 0.0311. The molecule has 1 aliphatic heterocycles. The number of anilines is 1. The van der Waals surface area contributed by atoms with E-state index in [1.165, 1.54) is 25.1 Å². The SMILES string of the molecule is CC(Oc1ccccc1/C=C1/SC(=O)N(c2cccc(C(F)(F)F)c2)C1=O)C(=O)O. The fraction of sp³-hybridized carbons (Fsp3) is 0.150. The zero-order valence-electron chi connectivity index (χ0n) is 15.3. The average molecular weight is 437 g/mol. The third-order valence-corrected chi connectivity index (χ3v) is 4.95. The van der Waals surface area contributed by atoms with Gasteiger partial charge in [0.25, 0.3) is 11.1 Å². The van der Waals surface area contributed by atoms with Gasteiger partial charge in [-0.15, -0.1) is 0 Å². The maximum atomic E-state index is 13.0. The van der Waals surface area contributed by atoms with Gasteiger partial charge in [0.05, 0.1) is 16.2 Å². The average Bonchev–Trinajstić information content (AvgIpc) is 2.96. The number of carbonyl (C=O) groups excluding carboxylic acids is 2. The van der Waals surface area contributed by atoms with E-state index in [1.807, 2.05) is 0 Å². The highest BCUT2D eigenvalue weighted by Crippen LogP contribution is 2.39. The Bertz CT molecular complexity index is 1050. The molecule has 10 heteroatoms. The number of hydrogen-bond donors (Lipinski definition) is 1. The lowest BCUT2D eigenvalue weighted by molar-refractivity contribution is -0.144. The Balaban J connectivity index is 1.93. The van der Waals surface area contributed by atoms with Crippen molar-refractivity contribution in [1.82, 2.24) is 0 Å². The van der Waals surface area contributed by atoms with Crippen molar-refractivity contribution in [3.63, 3.8) is 0 Å². The van der Waals surface area contributed by atoms with Crippen molar-refractivity contribution in [1.29, 1.82) is 0 Å². The quantitative estimate of drug-likeness (QED) is 0.677. The Morgan fingerprint density at radius 3 is 2.53 bits per heavy atom. The molecule has 2 aromatic rings. The first-order chi connectivity index (χ1) is 14.1. The molecule has 1 unspecified atom stereocenters. The van der Waals surface area contributed by atoms with Crippen LogP contribution in [0.25, 0.3) is 6.08 Å². The molecule has 0 aromatic heterocycles. The largest absolute Gasteiger partial charge is 0.479 e. The molecule has 0 spiro atoms. The standard InChI is InChI=1S/C20H14F3NO5S/c1-11(18(26)27)29-15-8-3-2-5-12(15)9-16-17(25)24(19(28)30-16)14-7-4-6-13(10-14)20(21,22)23/h2-11H,1H3,(H,26,27)/b16-9+.